The number of likely N-dealkylation sites (N-methyl/N-ethyl adjacent to an activating group) is 1. The van der Waals surface area contributed by atoms with E-state index in [4.69, 9.17) is 0 Å². The molecule has 1 aromatic heterocycles. The van der Waals surface area contributed by atoms with Crippen molar-refractivity contribution in [3.05, 3.63) is 57.8 Å². The molecular weight excluding hydrogens is 332 g/mol. The molecule has 1 atom stereocenters. The summed E-state index contributed by atoms with van der Waals surface area (Å²) < 4.78 is 0. The van der Waals surface area contributed by atoms with E-state index in [1.54, 1.807) is 0 Å². The first-order chi connectivity index (χ1) is 12.0. The molecule has 0 radical (unpaired) electrons. The summed E-state index contributed by atoms with van der Waals surface area (Å²) in [5, 5.41) is 0. The molecule has 1 aliphatic rings. The van der Waals surface area contributed by atoms with Gasteiger partial charge in [-0.25, -0.2) is 0 Å². The predicted octanol–water partition coefficient (Wildman–Crippen LogP) is 3.53. The smallest absolute Gasteiger partial charge is 0.223 e. The molecule has 25 heavy (non-hydrogen) atoms. The Labute approximate surface area is 153 Å². The van der Waals surface area contributed by atoms with Crippen LogP contribution in [0.5, 0.6) is 0 Å². The Morgan fingerprint density at radius 3 is 2.52 bits per heavy atom. The fourth-order valence-electron chi connectivity index (χ4n) is 3.25. The van der Waals surface area contributed by atoms with E-state index >= 15 is 0 Å². The van der Waals surface area contributed by atoms with E-state index in [0.717, 1.165) is 28.4 Å². The number of amides is 1. The van der Waals surface area contributed by atoms with Gasteiger partial charge in [-0.15, -0.1) is 11.3 Å². The zero-order chi connectivity index (χ0) is 17.8. The van der Waals surface area contributed by atoms with Crippen LogP contribution in [0.15, 0.2) is 42.5 Å². The first-order valence-corrected chi connectivity index (χ1v) is 9.49. The van der Waals surface area contributed by atoms with E-state index in [1.807, 2.05) is 42.2 Å². The third-order valence-electron chi connectivity index (χ3n) is 4.67. The van der Waals surface area contributed by atoms with Crippen molar-refractivity contribution in [3.63, 3.8) is 0 Å². The standard InChI is InChI=1S/C20H24N2O2S/c1-15-8-10-19(25-15)18(23)9-11-20(24)22-13-12-21(2)14-17(22)16-6-4-3-5-7-16/h3-8,10,17H,9,11-14H2,1-2H3. The lowest BCUT2D eigenvalue weighted by atomic mass is 10.0. The number of Topliss-reactive ketones (excluding diaryl/α,β-unsaturated/α-hetero) is 1. The lowest BCUT2D eigenvalue weighted by Crippen LogP contribution is -2.49. The molecule has 1 amide bonds. The molecular formula is C20H24N2O2S. The number of aryl methyl sites for hydroxylation is 1. The summed E-state index contributed by atoms with van der Waals surface area (Å²) >= 11 is 1.50. The summed E-state index contributed by atoms with van der Waals surface area (Å²) in [6.07, 6.45) is 0.565. The van der Waals surface area contributed by atoms with Gasteiger partial charge in [0.1, 0.15) is 0 Å². The average Bonchev–Trinajstić information content (AvgIpc) is 3.06. The van der Waals surface area contributed by atoms with Gasteiger partial charge in [0.05, 0.1) is 10.9 Å². The third-order valence-corrected chi connectivity index (χ3v) is 5.71. The number of rotatable bonds is 5. The summed E-state index contributed by atoms with van der Waals surface area (Å²) in [5.41, 5.74) is 1.16. The van der Waals surface area contributed by atoms with Gasteiger partial charge < -0.3 is 9.80 Å². The molecule has 1 fully saturated rings. The van der Waals surface area contributed by atoms with Gasteiger partial charge in [-0.3, -0.25) is 9.59 Å². The minimum atomic E-state index is 0.0616. The Morgan fingerprint density at radius 2 is 1.84 bits per heavy atom. The maximum atomic E-state index is 12.8. The van der Waals surface area contributed by atoms with E-state index in [9.17, 15) is 9.59 Å². The molecule has 1 aromatic carbocycles. The first-order valence-electron chi connectivity index (χ1n) is 8.67. The number of piperazine rings is 1. The van der Waals surface area contributed by atoms with Gasteiger partial charge in [-0.05, 0) is 31.7 Å². The molecule has 1 saturated heterocycles. The molecule has 0 spiro atoms. The Hall–Kier alpha value is -1.98. The summed E-state index contributed by atoms with van der Waals surface area (Å²) in [5.74, 6) is 0.139. The van der Waals surface area contributed by atoms with Crippen LogP contribution in [0.3, 0.4) is 0 Å². The Kier molecular flexibility index (Phi) is 5.66. The quantitative estimate of drug-likeness (QED) is 0.770. The second-order valence-electron chi connectivity index (χ2n) is 6.61. The fraction of sp³-hybridized carbons (Fsp3) is 0.400. The predicted molar refractivity (Wildman–Crippen MR) is 101 cm³/mol. The van der Waals surface area contributed by atoms with Crippen LogP contribution in [0.1, 0.15) is 39.0 Å². The number of carbonyl (C=O) groups is 2. The largest absolute Gasteiger partial charge is 0.333 e. The summed E-state index contributed by atoms with van der Waals surface area (Å²) in [4.78, 5) is 31.1. The van der Waals surface area contributed by atoms with Crippen molar-refractivity contribution in [2.24, 2.45) is 0 Å². The molecule has 2 heterocycles. The highest BCUT2D eigenvalue weighted by atomic mass is 32.1. The maximum absolute atomic E-state index is 12.8. The van der Waals surface area contributed by atoms with Gasteiger partial charge in [0.15, 0.2) is 5.78 Å². The molecule has 0 N–H and O–H groups in total. The zero-order valence-corrected chi connectivity index (χ0v) is 15.6. The second kappa shape index (κ2) is 7.93. The van der Waals surface area contributed by atoms with Crippen molar-refractivity contribution in [2.75, 3.05) is 26.7 Å². The van der Waals surface area contributed by atoms with Crippen molar-refractivity contribution in [1.82, 2.24) is 9.80 Å². The molecule has 1 unspecified atom stereocenters. The average molecular weight is 356 g/mol. The lowest BCUT2D eigenvalue weighted by molar-refractivity contribution is -0.136. The van der Waals surface area contributed by atoms with Crippen LogP contribution < -0.4 is 0 Å². The van der Waals surface area contributed by atoms with Crippen LogP contribution in [0, 0.1) is 6.92 Å². The fourth-order valence-corrected chi connectivity index (χ4v) is 4.09. The normalized spacial score (nSPS) is 18.3. The number of hydrogen-bond donors (Lipinski definition) is 0. The second-order valence-corrected chi connectivity index (χ2v) is 7.90. The van der Waals surface area contributed by atoms with Crippen LogP contribution in [-0.4, -0.2) is 48.2 Å². The molecule has 1 aliphatic heterocycles. The zero-order valence-electron chi connectivity index (χ0n) is 14.8. The van der Waals surface area contributed by atoms with Crippen molar-refractivity contribution in [2.45, 2.75) is 25.8 Å². The van der Waals surface area contributed by atoms with Gasteiger partial charge in [0.25, 0.3) is 0 Å². The molecule has 0 aliphatic carbocycles. The number of thiophene rings is 1. The molecule has 0 saturated carbocycles. The Morgan fingerprint density at radius 1 is 1.08 bits per heavy atom. The molecule has 5 heteroatoms. The molecule has 0 bridgehead atoms. The van der Waals surface area contributed by atoms with Crippen molar-refractivity contribution in [1.29, 1.82) is 0 Å². The minimum Gasteiger partial charge on any atom is -0.333 e. The number of carbonyl (C=O) groups excluding carboxylic acids is 2. The highest BCUT2D eigenvalue weighted by Gasteiger charge is 2.30. The SMILES string of the molecule is Cc1ccc(C(=O)CCC(=O)N2CCN(C)CC2c2ccccc2)s1. The molecule has 132 valence electrons. The first kappa shape index (κ1) is 17.8. The van der Waals surface area contributed by atoms with Gasteiger partial charge >= 0.3 is 0 Å². The van der Waals surface area contributed by atoms with Gasteiger partial charge in [0.2, 0.25) is 5.91 Å². The van der Waals surface area contributed by atoms with Crippen LogP contribution in [0.4, 0.5) is 0 Å². The number of hydrogen-bond acceptors (Lipinski definition) is 4. The van der Waals surface area contributed by atoms with E-state index in [-0.39, 0.29) is 30.6 Å². The van der Waals surface area contributed by atoms with Crippen LogP contribution >= 0.6 is 11.3 Å². The number of ketones is 1. The summed E-state index contributed by atoms with van der Waals surface area (Å²) in [6, 6.07) is 14.0. The van der Waals surface area contributed by atoms with Crippen molar-refractivity contribution < 1.29 is 9.59 Å². The third kappa shape index (κ3) is 4.35. The number of nitrogens with zero attached hydrogens (tertiary/aromatic N) is 2. The molecule has 2 aromatic rings. The number of benzene rings is 1. The van der Waals surface area contributed by atoms with E-state index < -0.39 is 0 Å². The lowest BCUT2D eigenvalue weighted by Gasteiger charge is -2.40. The highest BCUT2D eigenvalue weighted by molar-refractivity contribution is 7.14. The van der Waals surface area contributed by atoms with E-state index in [0.29, 0.717) is 6.54 Å². The Balaban J connectivity index is 1.66. The van der Waals surface area contributed by atoms with Gasteiger partial charge in [-0.1, -0.05) is 30.3 Å². The van der Waals surface area contributed by atoms with Gasteiger partial charge in [-0.2, -0.15) is 0 Å². The Bertz CT molecular complexity index is 741. The topological polar surface area (TPSA) is 40.6 Å². The monoisotopic (exact) mass is 356 g/mol. The molecule has 3 rings (SSSR count). The molecule has 4 nitrogen and oxygen atoms in total. The van der Waals surface area contributed by atoms with E-state index in [2.05, 4.69) is 24.1 Å². The highest BCUT2D eigenvalue weighted by Crippen LogP contribution is 2.26. The van der Waals surface area contributed by atoms with Crippen molar-refractivity contribution >= 4 is 23.0 Å². The van der Waals surface area contributed by atoms with Gasteiger partial charge in [0, 0.05) is 37.4 Å². The minimum absolute atomic E-state index is 0.0616. The maximum Gasteiger partial charge on any atom is 0.223 e. The van der Waals surface area contributed by atoms with Crippen LogP contribution in [-0.2, 0) is 4.79 Å². The summed E-state index contributed by atoms with van der Waals surface area (Å²) in [7, 11) is 2.08. The van der Waals surface area contributed by atoms with Crippen LogP contribution in [0.2, 0.25) is 0 Å². The van der Waals surface area contributed by atoms with Crippen LogP contribution in [0.25, 0.3) is 0 Å². The summed E-state index contributed by atoms with van der Waals surface area (Å²) in [6.45, 7) is 4.39. The van der Waals surface area contributed by atoms with Crippen molar-refractivity contribution in [3.8, 4) is 0 Å². The van der Waals surface area contributed by atoms with E-state index in [1.165, 1.54) is 11.3 Å².